The first-order valence-corrected chi connectivity index (χ1v) is 3.87. The SMILES string of the molecule is CCC1=C(C)C1(C)CC. The van der Waals surface area contributed by atoms with E-state index in [1.807, 2.05) is 0 Å². The van der Waals surface area contributed by atoms with Crippen molar-refractivity contribution in [1.82, 2.24) is 0 Å². The molecule has 1 unspecified atom stereocenters. The third kappa shape index (κ3) is 0.726. The van der Waals surface area contributed by atoms with E-state index in [0.717, 1.165) is 0 Å². The van der Waals surface area contributed by atoms with Crippen LogP contribution in [0.3, 0.4) is 0 Å². The molecule has 0 heterocycles. The molecule has 0 fully saturated rings. The van der Waals surface area contributed by atoms with Crippen LogP contribution in [0, 0.1) is 5.41 Å². The highest BCUT2D eigenvalue weighted by Gasteiger charge is 2.42. The Balaban J connectivity index is 2.59. The summed E-state index contributed by atoms with van der Waals surface area (Å²) in [6.07, 6.45) is 2.55. The second kappa shape index (κ2) is 1.86. The Morgan fingerprint density at radius 1 is 1.33 bits per heavy atom. The van der Waals surface area contributed by atoms with Crippen molar-refractivity contribution in [2.75, 3.05) is 0 Å². The van der Waals surface area contributed by atoms with Crippen molar-refractivity contribution in [3.8, 4) is 0 Å². The zero-order valence-corrected chi connectivity index (χ0v) is 6.91. The average molecular weight is 124 g/mol. The summed E-state index contributed by atoms with van der Waals surface area (Å²) in [4.78, 5) is 0. The lowest BCUT2D eigenvalue weighted by Gasteiger charge is -2.07. The van der Waals surface area contributed by atoms with E-state index in [0.29, 0.717) is 5.41 Å². The summed E-state index contributed by atoms with van der Waals surface area (Å²) in [6.45, 7) is 9.13. The molecular formula is C9H16. The quantitative estimate of drug-likeness (QED) is 0.496. The standard InChI is InChI=1S/C9H16/c1-5-8-7(3)9(8,4)6-2/h5-6H2,1-4H3. The Kier molecular flexibility index (Phi) is 1.42. The van der Waals surface area contributed by atoms with Crippen molar-refractivity contribution >= 4 is 0 Å². The summed E-state index contributed by atoms with van der Waals surface area (Å²) in [5.74, 6) is 0. The van der Waals surface area contributed by atoms with Crippen LogP contribution < -0.4 is 0 Å². The molecule has 0 amide bonds. The van der Waals surface area contributed by atoms with E-state index in [1.54, 1.807) is 11.1 Å². The second-order valence-electron chi connectivity index (χ2n) is 3.14. The number of rotatable bonds is 2. The maximum absolute atomic E-state index is 2.35. The molecule has 1 atom stereocenters. The van der Waals surface area contributed by atoms with Gasteiger partial charge < -0.3 is 0 Å². The van der Waals surface area contributed by atoms with Crippen LogP contribution >= 0.6 is 0 Å². The van der Waals surface area contributed by atoms with Gasteiger partial charge in [-0.25, -0.2) is 0 Å². The van der Waals surface area contributed by atoms with Gasteiger partial charge in [0.15, 0.2) is 0 Å². The third-order valence-electron chi connectivity index (χ3n) is 2.94. The Morgan fingerprint density at radius 2 is 1.89 bits per heavy atom. The largest absolute Gasteiger partial charge is 0.0642 e. The van der Waals surface area contributed by atoms with Gasteiger partial charge in [-0.05, 0) is 19.8 Å². The van der Waals surface area contributed by atoms with Crippen LogP contribution in [-0.2, 0) is 0 Å². The van der Waals surface area contributed by atoms with E-state index in [-0.39, 0.29) is 0 Å². The first kappa shape index (κ1) is 6.85. The molecule has 0 bridgehead atoms. The summed E-state index contributed by atoms with van der Waals surface area (Å²) in [7, 11) is 0. The van der Waals surface area contributed by atoms with Crippen LogP contribution in [0.2, 0.25) is 0 Å². The topological polar surface area (TPSA) is 0 Å². The Bertz CT molecular complexity index is 153. The molecule has 0 aliphatic heterocycles. The summed E-state index contributed by atoms with van der Waals surface area (Å²) in [5.41, 5.74) is 3.90. The summed E-state index contributed by atoms with van der Waals surface area (Å²) < 4.78 is 0. The van der Waals surface area contributed by atoms with Gasteiger partial charge in [0.25, 0.3) is 0 Å². The summed E-state index contributed by atoms with van der Waals surface area (Å²) >= 11 is 0. The van der Waals surface area contributed by atoms with Gasteiger partial charge >= 0.3 is 0 Å². The van der Waals surface area contributed by atoms with Crippen LogP contribution in [-0.4, -0.2) is 0 Å². The monoisotopic (exact) mass is 124 g/mol. The second-order valence-corrected chi connectivity index (χ2v) is 3.14. The van der Waals surface area contributed by atoms with Gasteiger partial charge in [0.05, 0.1) is 0 Å². The molecule has 0 saturated heterocycles. The van der Waals surface area contributed by atoms with E-state index in [2.05, 4.69) is 27.7 Å². The smallest absolute Gasteiger partial charge is 0.00926 e. The minimum Gasteiger partial charge on any atom is -0.0642 e. The van der Waals surface area contributed by atoms with Gasteiger partial charge in [-0.2, -0.15) is 0 Å². The number of hydrogen-bond donors (Lipinski definition) is 0. The van der Waals surface area contributed by atoms with E-state index >= 15 is 0 Å². The molecule has 1 aliphatic rings. The summed E-state index contributed by atoms with van der Waals surface area (Å²) in [6, 6.07) is 0. The molecule has 52 valence electrons. The van der Waals surface area contributed by atoms with Gasteiger partial charge in [0, 0.05) is 5.41 Å². The van der Waals surface area contributed by atoms with Gasteiger partial charge in [-0.1, -0.05) is 31.9 Å². The van der Waals surface area contributed by atoms with Crippen LogP contribution in [0.15, 0.2) is 11.1 Å². The predicted octanol–water partition coefficient (Wildman–Crippen LogP) is 3.14. The lowest BCUT2D eigenvalue weighted by atomic mass is 9.97. The van der Waals surface area contributed by atoms with Gasteiger partial charge in [0.1, 0.15) is 0 Å². The van der Waals surface area contributed by atoms with Gasteiger partial charge in [-0.15, -0.1) is 0 Å². The Labute approximate surface area is 58.0 Å². The van der Waals surface area contributed by atoms with Crippen molar-refractivity contribution in [1.29, 1.82) is 0 Å². The molecule has 0 radical (unpaired) electrons. The lowest BCUT2D eigenvalue weighted by Crippen LogP contribution is -1.96. The normalized spacial score (nSPS) is 33.3. The maximum Gasteiger partial charge on any atom is 0.00926 e. The van der Waals surface area contributed by atoms with Crippen molar-refractivity contribution in [3.63, 3.8) is 0 Å². The van der Waals surface area contributed by atoms with Crippen LogP contribution in [0.1, 0.15) is 40.5 Å². The fourth-order valence-electron chi connectivity index (χ4n) is 1.80. The molecule has 0 nitrogen and oxygen atoms in total. The molecule has 1 rings (SSSR count). The van der Waals surface area contributed by atoms with Crippen LogP contribution in [0.25, 0.3) is 0 Å². The highest BCUT2D eigenvalue weighted by atomic mass is 14.5. The van der Waals surface area contributed by atoms with Crippen LogP contribution in [0.4, 0.5) is 0 Å². The highest BCUT2D eigenvalue weighted by Crippen LogP contribution is 2.55. The van der Waals surface area contributed by atoms with E-state index < -0.39 is 0 Å². The van der Waals surface area contributed by atoms with Crippen molar-refractivity contribution < 1.29 is 0 Å². The number of hydrogen-bond acceptors (Lipinski definition) is 0. The van der Waals surface area contributed by atoms with E-state index in [9.17, 15) is 0 Å². The Morgan fingerprint density at radius 3 is 2.00 bits per heavy atom. The Hall–Kier alpha value is -0.260. The molecule has 0 saturated carbocycles. The van der Waals surface area contributed by atoms with E-state index in [1.165, 1.54) is 12.8 Å². The molecule has 0 spiro atoms. The molecule has 0 aromatic rings. The minimum absolute atomic E-state index is 0.550. The zero-order valence-electron chi connectivity index (χ0n) is 6.91. The van der Waals surface area contributed by atoms with Gasteiger partial charge in [0.2, 0.25) is 0 Å². The minimum atomic E-state index is 0.550. The highest BCUT2D eigenvalue weighted by molar-refractivity contribution is 5.45. The average Bonchev–Trinajstić information content (AvgIpc) is 2.38. The predicted molar refractivity (Wildman–Crippen MR) is 41.4 cm³/mol. The molecule has 0 N–H and O–H groups in total. The first-order chi connectivity index (χ1) is 4.16. The molecule has 0 aromatic heterocycles. The molecular weight excluding hydrogens is 108 g/mol. The van der Waals surface area contributed by atoms with Crippen LogP contribution in [0.5, 0.6) is 0 Å². The van der Waals surface area contributed by atoms with E-state index in [4.69, 9.17) is 0 Å². The van der Waals surface area contributed by atoms with Gasteiger partial charge in [-0.3, -0.25) is 0 Å². The maximum atomic E-state index is 2.35. The first-order valence-electron chi connectivity index (χ1n) is 3.87. The molecule has 0 heteroatoms. The lowest BCUT2D eigenvalue weighted by molar-refractivity contribution is 0.562. The van der Waals surface area contributed by atoms with Crippen molar-refractivity contribution in [2.24, 2.45) is 5.41 Å². The fraction of sp³-hybridized carbons (Fsp3) is 0.778. The molecule has 1 aliphatic carbocycles. The summed E-state index contributed by atoms with van der Waals surface area (Å²) in [5, 5.41) is 0. The third-order valence-corrected chi connectivity index (χ3v) is 2.94. The fourth-order valence-corrected chi connectivity index (χ4v) is 1.80. The van der Waals surface area contributed by atoms with Crippen molar-refractivity contribution in [3.05, 3.63) is 11.1 Å². The number of allylic oxidation sites excluding steroid dienone is 2. The van der Waals surface area contributed by atoms with Crippen molar-refractivity contribution in [2.45, 2.75) is 40.5 Å². The molecule has 9 heavy (non-hydrogen) atoms. The molecule has 0 aromatic carbocycles. The zero-order chi connectivity index (χ0) is 7.07.